The van der Waals surface area contributed by atoms with E-state index in [0.29, 0.717) is 5.69 Å². The van der Waals surface area contributed by atoms with E-state index in [4.69, 9.17) is 15.9 Å². The van der Waals surface area contributed by atoms with Gasteiger partial charge < -0.3 is 26.4 Å². The molecule has 23 heavy (non-hydrogen) atoms. The van der Waals surface area contributed by atoms with E-state index in [0.717, 1.165) is 0 Å². The van der Waals surface area contributed by atoms with Crippen molar-refractivity contribution in [2.75, 3.05) is 5.32 Å². The lowest BCUT2D eigenvalue weighted by Crippen LogP contribution is -2.48. The van der Waals surface area contributed by atoms with Gasteiger partial charge >= 0.3 is 11.9 Å². The number of carbonyl (C=O) groups excluding carboxylic acids is 2. The van der Waals surface area contributed by atoms with Gasteiger partial charge in [0.1, 0.15) is 12.0 Å². The van der Waals surface area contributed by atoms with Crippen molar-refractivity contribution < 1.29 is 34.5 Å². The molecule has 0 radical (unpaired) electrons. The van der Waals surface area contributed by atoms with E-state index in [1.807, 2.05) is 0 Å². The fourth-order valence-electron chi connectivity index (χ4n) is 2.47. The monoisotopic (exact) mass is 322 g/mol. The summed E-state index contributed by atoms with van der Waals surface area (Å²) in [6.45, 7) is 0. The van der Waals surface area contributed by atoms with Crippen LogP contribution in [0.25, 0.3) is 0 Å². The number of aliphatic hydroxyl groups is 1. The topological polar surface area (TPSA) is 167 Å². The number of fused-ring (bicyclic) bond motifs is 1. The number of Topliss-reactive ketones (excluding diaryl/α,β-unsaturated/α-hetero) is 1. The number of hydrogen-bond donors (Lipinski definition) is 5. The quantitative estimate of drug-likeness (QED) is 0.411. The molecule has 3 atom stereocenters. The minimum absolute atomic E-state index is 0.117. The number of carbonyl (C=O) groups is 4. The fourth-order valence-corrected chi connectivity index (χ4v) is 2.47. The van der Waals surface area contributed by atoms with Crippen molar-refractivity contribution in [2.45, 2.75) is 18.1 Å². The van der Waals surface area contributed by atoms with Gasteiger partial charge in [-0.2, -0.15) is 0 Å². The van der Waals surface area contributed by atoms with Gasteiger partial charge in [-0.25, -0.2) is 0 Å². The maximum Gasteiger partial charge on any atom is 0.321 e. The molecule has 0 spiro atoms. The van der Waals surface area contributed by atoms with Crippen molar-refractivity contribution >= 4 is 29.3 Å². The third-order valence-corrected chi connectivity index (χ3v) is 3.68. The molecule has 1 aromatic carbocycles. The molecule has 2 rings (SSSR count). The lowest BCUT2D eigenvalue weighted by molar-refractivity contribution is -0.156. The smallest absolute Gasteiger partial charge is 0.321 e. The SMILES string of the molecule is N[C@H](C(=O)O)C(C(=O)O)C(=O)CC1(O)C(=O)Nc2ccccc21. The van der Waals surface area contributed by atoms with Crippen LogP contribution in [0.1, 0.15) is 12.0 Å². The van der Waals surface area contributed by atoms with Gasteiger partial charge in [0.2, 0.25) is 0 Å². The Hall–Kier alpha value is -2.78. The zero-order valence-electron chi connectivity index (χ0n) is 11.7. The first-order valence-corrected chi connectivity index (χ1v) is 6.55. The lowest BCUT2D eigenvalue weighted by Gasteiger charge is -2.23. The normalized spacial score (nSPS) is 21.9. The Morgan fingerprint density at radius 1 is 1.17 bits per heavy atom. The number of hydrogen-bond acceptors (Lipinski definition) is 6. The Morgan fingerprint density at radius 3 is 2.35 bits per heavy atom. The van der Waals surface area contributed by atoms with E-state index in [9.17, 15) is 24.3 Å². The molecule has 1 aliphatic heterocycles. The molecule has 0 aliphatic carbocycles. The van der Waals surface area contributed by atoms with Crippen molar-refractivity contribution in [3.63, 3.8) is 0 Å². The molecule has 0 fully saturated rings. The van der Waals surface area contributed by atoms with Gasteiger partial charge in [-0.3, -0.25) is 19.2 Å². The van der Waals surface area contributed by atoms with Crippen molar-refractivity contribution in [3.05, 3.63) is 29.8 Å². The second-order valence-electron chi connectivity index (χ2n) is 5.18. The zero-order chi connectivity index (χ0) is 17.4. The average Bonchev–Trinajstić information content (AvgIpc) is 2.70. The molecule has 0 saturated carbocycles. The molecule has 0 aromatic heterocycles. The van der Waals surface area contributed by atoms with Crippen LogP contribution in [0, 0.1) is 5.92 Å². The minimum Gasteiger partial charge on any atom is -0.481 e. The third kappa shape index (κ3) is 2.79. The molecule has 1 amide bonds. The highest BCUT2D eigenvalue weighted by molar-refractivity contribution is 6.10. The van der Waals surface area contributed by atoms with Gasteiger partial charge in [-0.1, -0.05) is 18.2 Å². The molecule has 1 heterocycles. The lowest BCUT2D eigenvalue weighted by atomic mass is 9.84. The number of aliphatic carboxylic acids is 2. The molecule has 1 aromatic rings. The van der Waals surface area contributed by atoms with Crippen LogP contribution in [0.3, 0.4) is 0 Å². The Kier molecular flexibility index (Phi) is 4.17. The van der Waals surface area contributed by atoms with Crippen LogP contribution in [0.4, 0.5) is 5.69 Å². The van der Waals surface area contributed by atoms with Crippen LogP contribution in [-0.2, 0) is 24.8 Å². The maximum atomic E-state index is 12.2. The predicted molar refractivity (Wildman–Crippen MR) is 75.3 cm³/mol. The first-order valence-electron chi connectivity index (χ1n) is 6.55. The molecule has 1 aliphatic rings. The summed E-state index contributed by atoms with van der Waals surface area (Å²) in [5, 5.41) is 30.7. The van der Waals surface area contributed by atoms with E-state index in [2.05, 4.69) is 5.32 Å². The molecule has 9 heteroatoms. The molecular formula is C14H14N2O7. The van der Waals surface area contributed by atoms with Crippen LogP contribution in [0.5, 0.6) is 0 Å². The maximum absolute atomic E-state index is 12.2. The molecule has 6 N–H and O–H groups in total. The van der Waals surface area contributed by atoms with Gasteiger partial charge in [0.15, 0.2) is 11.4 Å². The number of amides is 1. The Bertz CT molecular complexity index is 702. The summed E-state index contributed by atoms with van der Waals surface area (Å²) in [6.07, 6.45) is -0.895. The Balaban J connectivity index is 2.33. The largest absolute Gasteiger partial charge is 0.481 e. The number of nitrogens with one attached hydrogen (secondary N) is 1. The molecule has 0 bridgehead atoms. The standard InChI is InChI=1S/C14H14N2O7/c15-10(12(20)21)9(11(18)19)8(17)5-14(23)6-3-1-2-4-7(6)16-13(14)22/h1-4,9-10,23H,5,15H2,(H,16,22)(H,18,19)(H,20,21)/t9?,10-,14?/m0/s1. The number of carboxylic acids is 2. The van der Waals surface area contributed by atoms with E-state index in [1.54, 1.807) is 6.07 Å². The number of anilines is 1. The summed E-state index contributed by atoms with van der Waals surface area (Å²) >= 11 is 0. The minimum atomic E-state index is -2.26. The zero-order valence-corrected chi connectivity index (χ0v) is 11.7. The number of para-hydroxylation sites is 1. The summed E-state index contributed by atoms with van der Waals surface area (Å²) in [6, 6.07) is 4.07. The molecule has 9 nitrogen and oxygen atoms in total. The van der Waals surface area contributed by atoms with E-state index in [-0.39, 0.29) is 5.56 Å². The third-order valence-electron chi connectivity index (χ3n) is 3.68. The summed E-state index contributed by atoms with van der Waals surface area (Å²) in [5.41, 5.74) is 3.37. The van der Waals surface area contributed by atoms with Crippen molar-refractivity contribution in [1.82, 2.24) is 0 Å². The van der Waals surface area contributed by atoms with Crippen LogP contribution < -0.4 is 11.1 Å². The highest BCUT2D eigenvalue weighted by atomic mass is 16.4. The van der Waals surface area contributed by atoms with Gasteiger partial charge in [0.05, 0.1) is 0 Å². The number of rotatable bonds is 6. The van der Waals surface area contributed by atoms with Gasteiger partial charge in [-0.15, -0.1) is 0 Å². The average molecular weight is 322 g/mol. The van der Waals surface area contributed by atoms with Crippen LogP contribution in [0.2, 0.25) is 0 Å². The van der Waals surface area contributed by atoms with Crippen molar-refractivity contribution in [2.24, 2.45) is 11.7 Å². The van der Waals surface area contributed by atoms with E-state index >= 15 is 0 Å². The predicted octanol–water partition coefficient (Wildman–Crippen LogP) is -1.10. The summed E-state index contributed by atoms with van der Waals surface area (Å²) in [7, 11) is 0. The second-order valence-corrected chi connectivity index (χ2v) is 5.18. The van der Waals surface area contributed by atoms with E-state index < -0.39 is 47.6 Å². The molecular weight excluding hydrogens is 308 g/mol. The van der Waals surface area contributed by atoms with Gasteiger partial charge in [0, 0.05) is 17.7 Å². The van der Waals surface area contributed by atoms with Gasteiger partial charge in [0.25, 0.3) is 5.91 Å². The molecule has 122 valence electrons. The summed E-state index contributed by atoms with van der Waals surface area (Å²) < 4.78 is 0. The summed E-state index contributed by atoms with van der Waals surface area (Å²) in [4.78, 5) is 46.2. The molecule has 2 unspecified atom stereocenters. The highest BCUT2D eigenvalue weighted by Crippen LogP contribution is 2.38. The summed E-state index contributed by atoms with van der Waals surface area (Å²) in [5.74, 6) is -7.52. The van der Waals surface area contributed by atoms with Crippen LogP contribution in [-0.4, -0.2) is 45.0 Å². The van der Waals surface area contributed by atoms with Crippen LogP contribution >= 0.6 is 0 Å². The highest BCUT2D eigenvalue weighted by Gasteiger charge is 2.49. The first-order chi connectivity index (χ1) is 10.7. The number of ketones is 1. The number of carboxylic acid groups (broad SMARTS) is 2. The van der Waals surface area contributed by atoms with Gasteiger partial charge in [-0.05, 0) is 6.07 Å². The van der Waals surface area contributed by atoms with Crippen molar-refractivity contribution in [1.29, 1.82) is 0 Å². The number of nitrogens with two attached hydrogens (primary N) is 1. The Morgan fingerprint density at radius 2 is 1.78 bits per heavy atom. The first kappa shape index (κ1) is 16.6. The number of benzene rings is 1. The van der Waals surface area contributed by atoms with E-state index in [1.165, 1.54) is 18.2 Å². The Labute approximate surface area is 129 Å². The van der Waals surface area contributed by atoms with Crippen LogP contribution in [0.15, 0.2) is 24.3 Å². The van der Waals surface area contributed by atoms with Crippen molar-refractivity contribution in [3.8, 4) is 0 Å². The molecule has 0 saturated heterocycles. The fraction of sp³-hybridized carbons (Fsp3) is 0.286. The second kappa shape index (κ2) is 5.78.